The van der Waals surface area contributed by atoms with E-state index >= 15 is 0 Å². The zero-order valence-electron chi connectivity index (χ0n) is 14.5. The Morgan fingerprint density at radius 3 is 2.50 bits per heavy atom. The van der Waals surface area contributed by atoms with Crippen molar-refractivity contribution in [2.45, 2.75) is 13.5 Å². The highest BCUT2D eigenvalue weighted by Gasteiger charge is 2.07. The molecular weight excluding hydrogens is 374 g/mol. The van der Waals surface area contributed by atoms with Gasteiger partial charge in [-0.05, 0) is 48.9 Å². The maximum absolute atomic E-state index is 12.2. The summed E-state index contributed by atoms with van der Waals surface area (Å²) in [6.45, 7) is 3.02. The molecule has 0 aromatic heterocycles. The van der Waals surface area contributed by atoms with E-state index in [4.69, 9.17) is 11.6 Å². The van der Waals surface area contributed by atoms with Crippen molar-refractivity contribution in [2.24, 2.45) is 0 Å². The van der Waals surface area contributed by atoms with Crippen molar-refractivity contribution in [1.82, 2.24) is 10.0 Å². The Bertz CT molecular complexity index is 839. The molecule has 0 aliphatic carbocycles. The quantitative estimate of drug-likeness (QED) is 0.569. The molecule has 1 amide bonds. The smallest absolute Gasteiger partial charge is 0.255 e. The Labute approximate surface area is 159 Å². The summed E-state index contributed by atoms with van der Waals surface area (Å²) >= 11 is 5.82. The lowest BCUT2D eigenvalue weighted by Crippen LogP contribution is -2.32. The number of sulfonamides is 1. The summed E-state index contributed by atoms with van der Waals surface area (Å²) in [6, 6.07) is 14.1. The first-order valence-electron chi connectivity index (χ1n) is 8.23. The third-order valence-electron chi connectivity index (χ3n) is 3.62. The molecule has 0 heterocycles. The Morgan fingerprint density at radius 2 is 1.81 bits per heavy atom. The molecule has 2 aromatic rings. The van der Waals surface area contributed by atoms with Crippen LogP contribution >= 0.6 is 11.6 Å². The predicted octanol–water partition coefficient (Wildman–Crippen LogP) is 2.62. The number of carbonyl (C=O) groups excluding carboxylic acids is 1. The molecule has 2 aromatic carbocycles. The maximum atomic E-state index is 12.2. The van der Waals surface area contributed by atoms with Crippen LogP contribution in [0.2, 0.25) is 5.02 Å². The molecule has 0 unspecified atom stereocenters. The molecule has 0 aliphatic rings. The molecule has 26 heavy (non-hydrogen) atoms. The molecule has 8 heteroatoms. The van der Waals surface area contributed by atoms with E-state index < -0.39 is 10.0 Å². The van der Waals surface area contributed by atoms with Gasteiger partial charge in [0.05, 0.1) is 5.75 Å². The summed E-state index contributed by atoms with van der Waals surface area (Å²) in [6.07, 6.45) is 0. The van der Waals surface area contributed by atoms with E-state index in [1.165, 1.54) is 0 Å². The molecule has 0 aliphatic heterocycles. The number of nitrogens with one attached hydrogen (secondary N) is 3. The molecule has 0 saturated carbocycles. The van der Waals surface area contributed by atoms with Gasteiger partial charge in [0.25, 0.3) is 5.91 Å². The monoisotopic (exact) mass is 395 g/mol. The molecule has 2 rings (SSSR count). The van der Waals surface area contributed by atoms with E-state index in [1.54, 1.807) is 31.2 Å². The van der Waals surface area contributed by atoms with E-state index in [-0.39, 0.29) is 11.7 Å². The largest absolute Gasteiger partial charge is 0.322 e. The molecule has 0 radical (unpaired) electrons. The fourth-order valence-corrected chi connectivity index (χ4v) is 2.94. The summed E-state index contributed by atoms with van der Waals surface area (Å²) in [5.74, 6) is -0.136. The lowest BCUT2D eigenvalue weighted by molar-refractivity contribution is 0.102. The van der Waals surface area contributed by atoms with Crippen LogP contribution in [0.15, 0.2) is 48.5 Å². The van der Waals surface area contributed by atoms with Crippen LogP contribution in [0.1, 0.15) is 22.8 Å². The van der Waals surface area contributed by atoms with E-state index in [2.05, 4.69) is 15.4 Å². The predicted molar refractivity (Wildman–Crippen MR) is 105 cm³/mol. The van der Waals surface area contributed by atoms with Crippen LogP contribution in [0, 0.1) is 0 Å². The molecular formula is C18H22ClN3O3S. The van der Waals surface area contributed by atoms with Gasteiger partial charge in [-0.15, -0.1) is 0 Å². The van der Waals surface area contributed by atoms with Gasteiger partial charge in [-0.3, -0.25) is 4.79 Å². The normalized spacial score (nSPS) is 11.3. The molecule has 0 atom stereocenters. The van der Waals surface area contributed by atoms with Crippen LogP contribution in [0.25, 0.3) is 0 Å². The van der Waals surface area contributed by atoms with Crippen LogP contribution in [-0.4, -0.2) is 33.2 Å². The lowest BCUT2D eigenvalue weighted by atomic mass is 10.1. The topological polar surface area (TPSA) is 87.3 Å². The number of halogens is 1. The zero-order valence-corrected chi connectivity index (χ0v) is 16.0. The van der Waals surface area contributed by atoms with Crippen molar-refractivity contribution < 1.29 is 13.2 Å². The van der Waals surface area contributed by atoms with Gasteiger partial charge in [0.15, 0.2) is 0 Å². The van der Waals surface area contributed by atoms with Crippen molar-refractivity contribution in [2.75, 3.05) is 24.2 Å². The third-order valence-corrected chi connectivity index (χ3v) is 5.28. The summed E-state index contributed by atoms with van der Waals surface area (Å²) in [5, 5.41) is 6.59. The van der Waals surface area contributed by atoms with Crippen LogP contribution in [0.3, 0.4) is 0 Å². The number of amides is 1. The Balaban J connectivity index is 1.83. The van der Waals surface area contributed by atoms with Crippen molar-refractivity contribution >= 4 is 33.2 Å². The highest BCUT2D eigenvalue weighted by Crippen LogP contribution is 2.14. The van der Waals surface area contributed by atoms with Gasteiger partial charge in [-0.1, -0.05) is 23.7 Å². The fraction of sp³-hybridized carbons (Fsp3) is 0.278. The number of anilines is 1. The molecule has 140 valence electrons. The second kappa shape index (κ2) is 9.68. The Morgan fingerprint density at radius 1 is 1.08 bits per heavy atom. The maximum Gasteiger partial charge on any atom is 0.255 e. The minimum absolute atomic E-state index is 0.0718. The molecule has 0 bridgehead atoms. The summed E-state index contributed by atoms with van der Waals surface area (Å²) in [7, 11) is -3.16. The number of hydrogen-bond donors (Lipinski definition) is 3. The standard InChI is InChI=1S/C18H22ClN3O3S/c1-2-26(24,25)21-11-10-20-13-14-4-3-5-17(12-14)22-18(23)15-6-8-16(19)9-7-15/h3-9,12,20-21H,2,10-11,13H2,1H3,(H,22,23). The summed E-state index contributed by atoms with van der Waals surface area (Å²) in [4.78, 5) is 12.2. The van der Waals surface area contributed by atoms with Crippen molar-refractivity contribution in [3.63, 3.8) is 0 Å². The molecule has 0 spiro atoms. The van der Waals surface area contributed by atoms with E-state index in [1.807, 2.05) is 24.3 Å². The third kappa shape index (κ3) is 6.76. The number of rotatable bonds is 9. The molecule has 0 fully saturated rings. The molecule has 0 saturated heterocycles. The highest BCUT2D eigenvalue weighted by molar-refractivity contribution is 7.89. The van der Waals surface area contributed by atoms with Gasteiger partial charge in [0.2, 0.25) is 10.0 Å². The van der Waals surface area contributed by atoms with E-state index in [9.17, 15) is 13.2 Å². The number of carbonyl (C=O) groups is 1. The molecule has 6 nitrogen and oxygen atoms in total. The average Bonchev–Trinajstić information content (AvgIpc) is 2.62. The second-order valence-electron chi connectivity index (χ2n) is 5.64. The van der Waals surface area contributed by atoms with Crippen molar-refractivity contribution in [3.05, 3.63) is 64.7 Å². The zero-order chi connectivity index (χ0) is 19.0. The first kappa shape index (κ1) is 20.4. The van der Waals surface area contributed by atoms with Crippen LogP contribution in [0.4, 0.5) is 5.69 Å². The molecule has 3 N–H and O–H groups in total. The first-order chi connectivity index (χ1) is 12.4. The van der Waals surface area contributed by atoms with Gasteiger partial charge >= 0.3 is 0 Å². The van der Waals surface area contributed by atoms with Crippen molar-refractivity contribution in [3.8, 4) is 0 Å². The fourth-order valence-electron chi connectivity index (χ4n) is 2.19. The Kier molecular flexibility index (Phi) is 7.59. The number of hydrogen-bond acceptors (Lipinski definition) is 4. The van der Waals surface area contributed by atoms with Gasteiger partial charge in [-0.25, -0.2) is 13.1 Å². The van der Waals surface area contributed by atoms with Crippen molar-refractivity contribution in [1.29, 1.82) is 0 Å². The van der Waals surface area contributed by atoms with Gasteiger partial charge in [0.1, 0.15) is 0 Å². The minimum atomic E-state index is -3.16. The first-order valence-corrected chi connectivity index (χ1v) is 10.3. The second-order valence-corrected chi connectivity index (χ2v) is 8.17. The SMILES string of the molecule is CCS(=O)(=O)NCCNCc1cccc(NC(=O)c2ccc(Cl)cc2)c1. The number of benzene rings is 2. The van der Waals surface area contributed by atoms with Gasteiger partial charge in [0, 0.05) is 35.9 Å². The van der Waals surface area contributed by atoms with Crippen LogP contribution in [-0.2, 0) is 16.6 Å². The van der Waals surface area contributed by atoms with Crippen LogP contribution in [0.5, 0.6) is 0 Å². The lowest BCUT2D eigenvalue weighted by Gasteiger charge is -2.09. The minimum Gasteiger partial charge on any atom is -0.322 e. The Hall–Kier alpha value is -1.93. The van der Waals surface area contributed by atoms with E-state index in [0.717, 1.165) is 5.56 Å². The summed E-state index contributed by atoms with van der Waals surface area (Å²) in [5.41, 5.74) is 2.20. The van der Waals surface area contributed by atoms with Gasteiger partial charge < -0.3 is 10.6 Å². The van der Waals surface area contributed by atoms with Crippen LogP contribution < -0.4 is 15.4 Å². The average molecular weight is 396 g/mol. The summed E-state index contributed by atoms with van der Waals surface area (Å²) < 4.78 is 25.2. The van der Waals surface area contributed by atoms with Gasteiger partial charge in [-0.2, -0.15) is 0 Å². The highest BCUT2D eigenvalue weighted by atomic mass is 35.5. The van der Waals surface area contributed by atoms with E-state index in [0.29, 0.717) is 35.9 Å².